The topological polar surface area (TPSA) is 52.9 Å². The Morgan fingerprint density at radius 3 is 2.12 bits per heavy atom. The average Bonchev–Trinajstić information content (AvgIpc) is 2.33. The molecule has 0 aliphatic heterocycles. The third kappa shape index (κ3) is 5.25. The van der Waals surface area contributed by atoms with Crippen molar-refractivity contribution in [2.75, 3.05) is 46.6 Å². The van der Waals surface area contributed by atoms with E-state index in [2.05, 4.69) is 18.7 Å². The molecular weight excluding hydrogens is 206 g/mol. The maximum atomic E-state index is 9.50. The Labute approximate surface area is 99.2 Å². The monoisotopic (exact) mass is 233 g/mol. The van der Waals surface area contributed by atoms with Crippen molar-refractivity contribution in [3.63, 3.8) is 0 Å². The van der Waals surface area contributed by atoms with E-state index in [9.17, 15) is 5.11 Å². The van der Waals surface area contributed by atoms with Gasteiger partial charge in [-0.25, -0.2) is 0 Å². The second kappa shape index (κ2) is 8.93. The molecule has 0 aromatic rings. The van der Waals surface area contributed by atoms with E-state index in [1.165, 1.54) is 0 Å². The van der Waals surface area contributed by atoms with E-state index >= 15 is 0 Å². The lowest BCUT2D eigenvalue weighted by Crippen LogP contribution is -2.42. The zero-order chi connectivity index (χ0) is 12.4. The molecule has 0 saturated carbocycles. The number of aliphatic hydroxyl groups is 2. The molecule has 0 fully saturated rings. The maximum Gasteiger partial charge on any atom is 0.0589 e. The molecule has 2 N–H and O–H groups in total. The van der Waals surface area contributed by atoms with Gasteiger partial charge in [-0.1, -0.05) is 13.8 Å². The number of ether oxygens (including phenoxy) is 1. The van der Waals surface area contributed by atoms with E-state index in [1.54, 1.807) is 7.11 Å². The minimum Gasteiger partial charge on any atom is -0.396 e. The van der Waals surface area contributed by atoms with Crippen molar-refractivity contribution in [3.8, 4) is 0 Å². The van der Waals surface area contributed by atoms with Gasteiger partial charge in [0.25, 0.3) is 0 Å². The quantitative estimate of drug-likeness (QED) is 0.584. The Bertz CT molecular complexity index is 152. The summed E-state index contributed by atoms with van der Waals surface area (Å²) in [4.78, 5) is 2.16. The summed E-state index contributed by atoms with van der Waals surface area (Å²) in [7, 11) is 1.68. The molecule has 0 aromatic carbocycles. The zero-order valence-electron chi connectivity index (χ0n) is 10.9. The van der Waals surface area contributed by atoms with Crippen LogP contribution in [0.4, 0.5) is 0 Å². The van der Waals surface area contributed by atoms with Crippen LogP contribution in [0.2, 0.25) is 0 Å². The van der Waals surface area contributed by atoms with Crippen molar-refractivity contribution >= 4 is 0 Å². The Morgan fingerprint density at radius 1 is 1.12 bits per heavy atom. The molecule has 0 radical (unpaired) electrons. The molecule has 0 unspecified atom stereocenters. The average molecular weight is 233 g/mol. The third-order valence-corrected chi connectivity index (χ3v) is 3.42. The second-order valence-corrected chi connectivity index (χ2v) is 4.36. The van der Waals surface area contributed by atoms with Crippen molar-refractivity contribution in [1.29, 1.82) is 0 Å². The molecular formula is C12H27NO3. The highest BCUT2D eigenvalue weighted by Gasteiger charge is 2.27. The number of nitrogens with zero attached hydrogens (tertiary/aromatic N) is 1. The summed E-state index contributed by atoms with van der Waals surface area (Å²) in [6.45, 7) is 7.49. The van der Waals surface area contributed by atoms with E-state index in [0.717, 1.165) is 25.9 Å². The lowest BCUT2D eigenvalue weighted by molar-refractivity contribution is 0.0455. The van der Waals surface area contributed by atoms with Crippen LogP contribution in [0.5, 0.6) is 0 Å². The van der Waals surface area contributed by atoms with Gasteiger partial charge in [-0.15, -0.1) is 0 Å². The molecule has 0 bridgehead atoms. The first-order valence-electron chi connectivity index (χ1n) is 6.11. The maximum absolute atomic E-state index is 9.50. The number of rotatable bonds is 10. The molecule has 4 heteroatoms. The Balaban J connectivity index is 4.31. The van der Waals surface area contributed by atoms with Crippen LogP contribution in [0.1, 0.15) is 26.7 Å². The SMILES string of the molecule is CCC(CC)(CO)CN(CCO)CCOC. The van der Waals surface area contributed by atoms with Crippen LogP contribution in [0, 0.1) is 5.41 Å². The lowest BCUT2D eigenvalue weighted by Gasteiger charge is -2.35. The van der Waals surface area contributed by atoms with Gasteiger partial charge in [-0.05, 0) is 12.8 Å². The highest BCUT2D eigenvalue weighted by molar-refractivity contribution is 4.80. The summed E-state index contributed by atoms with van der Waals surface area (Å²) in [5.41, 5.74) is -0.0388. The number of methoxy groups -OCH3 is 1. The first-order chi connectivity index (χ1) is 7.67. The van der Waals surface area contributed by atoms with Crippen molar-refractivity contribution < 1.29 is 14.9 Å². The Hall–Kier alpha value is -0.160. The van der Waals surface area contributed by atoms with Crippen LogP contribution >= 0.6 is 0 Å². The van der Waals surface area contributed by atoms with Gasteiger partial charge in [0.2, 0.25) is 0 Å². The largest absolute Gasteiger partial charge is 0.396 e. The number of hydrogen-bond donors (Lipinski definition) is 2. The summed E-state index contributed by atoms with van der Waals surface area (Å²) in [6.07, 6.45) is 1.91. The fourth-order valence-corrected chi connectivity index (χ4v) is 1.85. The molecule has 4 nitrogen and oxygen atoms in total. The fraction of sp³-hybridized carbons (Fsp3) is 1.00. The Morgan fingerprint density at radius 2 is 1.75 bits per heavy atom. The van der Waals surface area contributed by atoms with Crippen LogP contribution in [0.25, 0.3) is 0 Å². The van der Waals surface area contributed by atoms with Crippen LogP contribution in [0.15, 0.2) is 0 Å². The second-order valence-electron chi connectivity index (χ2n) is 4.36. The van der Waals surface area contributed by atoms with E-state index in [4.69, 9.17) is 9.84 Å². The first kappa shape index (κ1) is 15.8. The van der Waals surface area contributed by atoms with Crippen molar-refractivity contribution in [2.45, 2.75) is 26.7 Å². The smallest absolute Gasteiger partial charge is 0.0589 e. The molecule has 0 spiro atoms. The molecule has 0 atom stereocenters. The van der Waals surface area contributed by atoms with Crippen LogP contribution < -0.4 is 0 Å². The van der Waals surface area contributed by atoms with Gasteiger partial charge in [0, 0.05) is 38.8 Å². The summed E-state index contributed by atoms with van der Waals surface area (Å²) >= 11 is 0. The predicted molar refractivity (Wildman–Crippen MR) is 65.5 cm³/mol. The van der Waals surface area contributed by atoms with Gasteiger partial charge in [0.05, 0.1) is 13.2 Å². The standard InChI is InChI=1S/C12H27NO3/c1-4-12(5-2,11-15)10-13(6-8-14)7-9-16-3/h14-15H,4-11H2,1-3H3. The molecule has 0 aliphatic rings. The van der Waals surface area contributed by atoms with Crippen LogP contribution in [-0.4, -0.2) is 61.7 Å². The van der Waals surface area contributed by atoms with Crippen molar-refractivity contribution in [1.82, 2.24) is 4.90 Å². The molecule has 0 heterocycles. The molecule has 0 rings (SSSR count). The highest BCUT2D eigenvalue weighted by atomic mass is 16.5. The van der Waals surface area contributed by atoms with Gasteiger partial charge >= 0.3 is 0 Å². The van der Waals surface area contributed by atoms with Gasteiger partial charge in [0.15, 0.2) is 0 Å². The first-order valence-corrected chi connectivity index (χ1v) is 6.11. The fourth-order valence-electron chi connectivity index (χ4n) is 1.85. The van der Waals surface area contributed by atoms with E-state index in [-0.39, 0.29) is 18.6 Å². The molecule has 0 aliphatic carbocycles. The molecule has 0 saturated heterocycles. The third-order valence-electron chi connectivity index (χ3n) is 3.42. The van der Waals surface area contributed by atoms with E-state index in [0.29, 0.717) is 13.2 Å². The number of aliphatic hydroxyl groups excluding tert-OH is 2. The van der Waals surface area contributed by atoms with Gasteiger partial charge in [-0.2, -0.15) is 0 Å². The minimum atomic E-state index is -0.0388. The Kier molecular flexibility index (Phi) is 8.84. The predicted octanol–water partition coefficient (Wildman–Crippen LogP) is 0.726. The molecule has 98 valence electrons. The van der Waals surface area contributed by atoms with Crippen LogP contribution in [-0.2, 0) is 4.74 Å². The van der Waals surface area contributed by atoms with Gasteiger partial charge in [0.1, 0.15) is 0 Å². The van der Waals surface area contributed by atoms with E-state index in [1.807, 2.05) is 0 Å². The summed E-state index contributed by atoms with van der Waals surface area (Å²) in [5, 5.41) is 18.5. The minimum absolute atomic E-state index is 0.0388. The number of hydrogen-bond acceptors (Lipinski definition) is 4. The molecule has 0 aromatic heterocycles. The lowest BCUT2D eigenvalue weighted by atomic mass is 9.82. The summed E-state index contributed by atoms with van der Waals surface area (Å²) in [6, 6.07) is 0. The summed E-state index contributed by atoms with van der Waals surface area (Å²) in [5.74, 6) is 0. The van der Waals surface area contributed by atoms with Crippen molar-refractivity contribution in [2.24, 2.45) is 5.41 Å². The molecule has 0 amide bonds. The van der Waals surface area contributed by atoms with E-state index < -0.39 is 0 Å². The molecule has 16 heavy (non-hydrogen) atoms. The highest BCUT2D eigenvalue weighted by Crippen LogP contribution is 2.26. The van der Waals surface area contributed by atoms with Gasteiger partial charge < -0.3 is 14.9 Å². The van der Waals surface area contributed by atoms with Gasteiger partial charge in [-0.3, -0.25) is 4.90 Å². The van der Waals surface area contributed by atoms with Crippen LogP contribution in [0.3, 0.4) is 0 Å². The zero-order valence-corrected chi connectivity index (χ0v) is 10.9. The normalized spacial score (nSPS) is 12.4. The summed E-state index contributed by atoms with van der Waals surface area (Å²) < 4.78 is 5.05. The van der Waals surface area contributed by atoms with Crippen molar-refractivity contribution in [3.05, 3.63) is 0 Å².